The quantitative estimate of drug-likeness (QED) is 0.239. The largest absolute Gasteiger partial charge is 0.445 e. The summed E-state index contributed by atoms with van der Waals surface area (Å²) in [4.78, 5) is 59.2. The number of benzene rings is 1. The van der Waals surface area contributed by atoms with Crippen LogP contribution in [0.4, 0.5) is 15.3 Å². The molecular formula is C22H34N6O6. The summed E-state index contributed by atoms with van der Waals surface area (Å²) in [6.45, 7) is 5.17. The molecule has 0 aromatic heterocycles. The van der Waals surface area contributed by atoms with Crippen molar-refractivity contribution in [3.8, 4) is 0 Å². The molecule has 0 radical (unpaired) electrons. The van der Waals surface area contributed by atoms with Crippen molar-refractivity contribution >= 4 is 35.5 Å². The molecule has 34 heavy (non-hydrogen) atoms. The standard InChI is InChI=1S/C22H34N6O6/c1-13(2)18(26-14(3)29)20(31)28-17(6-5-11-25-21(23)32)19(30)27-16-9-7-15(8-10-16)12-34-22(33)24-4/h7-10,13,17-18H,5-6,11-12H2,1-4H3,(H,24,33)(H,26,29)(H,27,30)(H,28,31)(H3,23,25,32). The Morgan fingerprint density at radius 2 is 1.65 bits per heavy atom. The fourth-order valence-electron chi connectivity index (χ4n) is 2.94. The Morgan fingerprint density at radius 1 is 1.00 bits per heavy atom. The van der Waals surface area contributed by atoms with Crippen molar-refractivity contribution in [1.29, 1.82) is 0 Å². The van der Waals surface area contributed by atoms with E-state index in [9.17, 15) is 24.0 Å². The van der Waals surface area contributed by atoms with Crippen molar-refractivity contribution in [3.05, 3.63) is 29.8 Å². The molecule has 7 N–H and O–H groups in total. The predicted octanol–water partition coefficient (Wildman–Crippen LogP) is 0.575. The second-order valence-corrected chi connectivity index (χ2v) is 7.93. The van der Waals surface area contributed by atoms with Crippen LogP contribution in [0, 0.1) is 5.92 Å². The first-order valence-corrected chi connectivity index (χ1v) is 10.9. The van der Waals surface area contributed by atoms with Gasteiger partial charge >= 0.3 is 12.1 Å². The molecule has 1 aromatic carbocycles. The van der Waals surface area contributed by atoms with Crippen LogP contribution >= 0.6 is 0 Å². The molecule has 6 amide bonds. The molecule has 0 spiro atoms. The van der Waals surface area contributed by atoms with E-state index in [4.69, 9.17) is 10.5 Å². The Bertz CT molecular complexity index is 858. The third-order valence-electron chi connectivity index (χ3n) is 4.71. The Morgan fingerprint density at radius 3 is 2.18 bits per heavy atom. The van der Waals surface area contributed by atoms with E-state index in [2.05, 4.69) is 26.6 Å². The third kappa shape index (κ3) is 10.7. The highest BCUT2D eigenvalue weighted by Gasteiger charge is 2.28. The van der Waals surface area contributed by atoms with Gasteiger partial charge in [0, 0.05) is 26.2 Å². The average Bonchev–Trinajstić information content (AvgIpc) is 2.77. The third-order valence-corrected chi connectivity index (χ3v) is 4.71. The van der Waals surface area contributed by atoms with Gasteiger partial charge in [0.2, 0.25) is 17.7 Å². The van der Waals surface area contributed by atoms with Gasteiger partial charge in [0.05, 0.1) is 0 Å². The minimum absolute atomic E-state index is 0.0686. The van der Waals surface area contributed by atoms with E-state index in [1.54, 1.807) is 38.1 Å². The molecule has 0 aliphatic heterocycles. The molecule has 0 aliphatic carbocycles. The van der Waals surface area contributed by atoms with E-state index >= 15 is 0 Å². The Labute approximate surface area is 198 Å². The maximum absolute atomic E-state index is 12.9. The van der Waals surface area contributed by atoms with E-state index in [0.29, 0.717) is 12.1 Å². The average molecular weight is 479 g/mol. The fourth-order valence-corrected chi connectivity index (χ4v) is 2.94. The fraction of sp³-hybridized carbons (Fsp3) is 0.500. The van der Waals surface area contributed by atoms with Gasteiger partial charge in [-0.05, 0) is 36.5 Å². The Hall–Kier alpha value is -3.83. The number of nitrogens with one attached hydrogen (secondary N) is 5. The van der Waals surface area contributed by atoms with Crippen LogP contribution in [0.5, 0.6) is 0 Å². The molecule has 2 atom stereocenters. The number of alkyl carbamates (subject to hydrolysis) is 1. The van der Waals surface area contributed by atoms with Gasteiger partial charge in [0.1, 0.15) is 18.7 Å². The van der Waals surface area contributed by atoms with E-state index in [1.165, 1.54) is 14.0 Å². The van der Waals surface area contributed by atoms with Crippen LogP contribution in [0.25, 0.3) is 0 Å². The zero-order valence-corrected chi connectivity index (χ0v) is 19.9. The number of hydrogen-bond acceptors (Lipinski definition) is 6. The highest BCUT2D eigenvalue weighted by Crippen LogP contribution is 2.12. The van der Waals surface area contributed by atoms with Gasteiger partial charge in [0.15, 0.2) is 0 Å². The van der Waals surface area contributed by atoms with Crippen molar-refractivity contribution in [2.24, 2.45) is 11.7 Å². The lowest BCUT2D eigenvalue weighted by Crippen LogP contribution is -2.54. The molecule has 1 aromatic rings. The lowest BCUT2D eigenvalue weighted by molar-refractivity contribution is -0.131. The molecule has 0 saturated heterocycles. The Balaban J connectivity index is 2.86. The molecule has 1 rings (SSSR count). The zero-order chi connectivity index (χ0) is 25.7. The van der Waals surface area contributed by atoms with Crippen LogP contribution in [-0.2, 0) is 25.7 Å². The maximum atomic E-state index is 12.9. The zero-order valence-electron chi connectivity index (χ0n) is 19.9. The Kier molecular flexibility index (Phi) is 11.9. The van der Waals surface area contributed by atoms with Gasteiger partial charge in [-0.3, -0.25) is 14.4 Å². The molecule has 0 bridgehead atoms. The van der Waals surface area contributed by atoms with Gasteiger partial charge < -0.3 is 37.1 Å². The van der Waals surface area contributed by atoms with Crippen LogP contribution in [-0.4, -0.2) is 55.5 Å². The topological polar surface area (TPSA) is 181 Å². The smallest absolute Gasteiger partial charge is 0.407 e. The van der Waals surface area contributed by atoms with Crippen LogP contribution in [0.1, 0.15) is 39.2 Å². The highest BCUT2D eigenvalue weighted by molar-refractivity contribution is 5.98. The first-order valence-electron chi connectivity index (χ1n) is 10.9. The lowest BCUT2D eigenvalue weighted by atomic mass is 10.0. The number of ether oxygens (including phenoxy) is 1. The number of nitrogens with two attached hydrogens (primary N) is 1. The predicted molar refractivity (Wildman–Crippen MR) is 126 cm³/mol. The number of rotatable bonds is 12. The first-order chi connectivity index (χ1) is 16.0. The molecular weight excluding hydrogens is 444 g/mol. The van der Waals surface area contributed by atoms with Gasteiger partial charge in [0.25, 0.3) is 0 Å². The molecule has 2 unspecified atom stereocenters. The van der Waals surface area contributed by atoms with E-state index in [1.807, 2.05) is 0 Å². The van der Waals surface area contributed by atoms with Crippen molar-refractivity contribution in [2.45, 2.75) is 52.3 Å². The van der Waals surface area contributed by atoms with Crippen LogP contribution in [0.3, 0.4) is 0 Å². The molecule has 0 fully saturated rings. The number of urea groups is 1. The van der Waals surface area contributed by atoms with Crippen molar-refractivity contribution < 1.29 is 28.7 Å². The van der Waals surface area contributed by atoms with Gasteiger partial charge in [-0.15, -0.1) is 0 Å². The highest BCUT2D eigenvalue weighted by atomic mass is 16.5. The van der Waals surface area contributed by atoms with Gasteiger partial charge in [-0.1, -0.05) is 26.0 Å². The summed E-state index contributed by atoms with van der Waals surface area (Å²) in [5, 5.41) is 12.8. The molecule has 0 saturated carbocycles. The second-order valence-electron chi connectivity index (χ2n) is 7.93. The van der Waals surface area contributed by atoms with E-state index in [0.717, 1.165) is 5.56 Å². The van der Waals surface area contributed by atoms with Crippen molar-refractivity contribution in [3.63, 3.8) is 0 Å². The first kappa shape index (κ1) is 28.2. The number of carbonyl (C=O) groups excluding carboxylic acids is 5. The summed E-state index contributed by atoms with van der Waals surface area (Å²) in [5.41, 5.74) is 6.26. The second kappa shape index (κ2) is 14.3. The normalized spacial score (nSPS) is 12.1. The summed E-state index contributed by atoms with van der Waals surface area (Å²) in [7, 11) is 1.46. The minimum atomic E-state index is -0.923. The number of primary amides is 1. The van der Waals surface area contributed by atoms with Crippen LogP contribution < -0.4 is 32.3 Å². The number of carbonyl (C=O) groups is 5. The molecule has 12 heteroatoms. The number of anilines is 1. The van der Waals surface area contributed by atoms with Crippen LogP contribution in [0.2, 0.25) is 0 Å². The molecule has 0 heterocycles. The maximum Gasteiger partial charge on any atom is 0.407 e. The van der Waals surface area contributed by atoms with Gasteiger partial charge in [-0.25, -0.2) is 9.59 Å². The summed E-state index contributed by atoms with van der Waals surface area (Å²) in [6.07, 6.45) is 0.0467. The van der Waals surface area contributed by atoms with E-state index in [-0.39, 0.29) is 31.4 Å². The lowest BCUT2D eigenvalue weighted by Gasteiger charge is -2.25. The summed E-state index contributed by atoms with van der Waals surface area (Å²) in [6, 6.07) is 4.24. The van der Waals surface area contributed by atoms with Crippen LogP contribution in [0.15, 0.2) is 24.3 Å². The van der Waals surface area contributed by atoms with E-state index < -0.39 is 36.0 Å². The number of amides is 6. The summed E-state index contributed by atoms with van der Waals surface area (Å²) in [5.74, 6) is -1.52. The van der Waals surface area contributed by atoms with Crippen molar-refractivity contribution in [1.82, 2.24) is 21.3 Å². The monoisotopic (exact) mass is 478 g/mol. The summed E-state index contributed by atoms with van der Waals surface area (Å²) >= 11 is 0. The van der Waals surface area contributed by atoms with Gasteiger partial charge in [-0.2, -0.15) is 0 Å². The molecule has 12 nitrogen and oxygen atoms in total. The SMILES string of the molecule is CNC(=O)OCc1ccc(NC(=O)C(CCCNC(N)=O)NC(=O)C(NC(C)=O)C(C)C)cc1. The summed E-state index contributed by atoms with van der Waals surface area (Å²) < 4.78 is 4.97. The minimum Gasteiger partial charge on any atom is -0.445 e. The number of hydrogen-bond donors (Lipinski definition) is 6. The molecule has 0 aliphatic rings. The molecule has 188 valence electrons. The van der Waals surface area contributed by atoms with Crippen molar-refractivity contribution in [2.75, 3.05) is 18.9 Å².